The second-order valence-electron chi connectivity index (χ2n) is 22.2. The zero-order valence-electron chi connectivity index (χ0n) is 51.1. The van der Waals surface area contributed by atoms with Crippen molar-refractivity contribution in [2.24, 2.45) is 29.0 Å². The molecule has 1 rings (SSSR count). The molecule has 0 aromatic heterocycles. The quantitative estimate of drug-likeness (QED) is 0.0153. The Hall–Kier alpha value is -9.16. The number of carbonyl (C=O) groups is 13. The summed E-state index contributed by atoms with van der Waals surface area (Å²) in [4.78, 5) is 173. The van der Waals surface area contributed by atoms with Gasteiger partial charge in [-0.2, -0.15) is 0 Å². The molecule has 90 heavy (non-hydrogen) atoms. The number of hydrogen-bond donors (Lipinski definition) is 24. The number of guanidine groups is 3. The number of carboxylic acids is 4. The molecule has 9 amide bonds. The molecule has 10 atom stereocenters. The van der Waals surface area contributed by atoms with Crippen LogP contribution in [0.1, 0.15) is 130 Å². The van der Waals surface area contributed by atoms with Crippen LogP contribution in [0.25, 0.3) is 0 Å². The number of rotatable bonds is 45. The molecular weight excluding hydrogens is 1190 g/mol. The molecule has 0 aromatic rings. The van der Waals surface area contributed by atoms with E-state index in [2.05, 4.69) is 69.1 Å². The SMILES string of the molecule is CC(C)C[C@H](NC(=O)[C@H](CCC(=O)O)NC(=O)[C@H](CCC(=O)O)NC(=O)[C@H](CCC(=O)O)NC(=O)[C@H](CC(C)C)NC(=O)[C@H](CCCNC(=N)N)NC(=O)[C@H](CO)NC(=O)[C@@H]1CCCN1)C(=O)N[C@@H](CCCNC(=N)N)C(=O)N[C@@H](CCCNC(=N)N)C(=O)O. The first-order chi connectivity index (χ1) is 42.2. The molecule has 37 heteroatoms. The highest BCUT2D eigenvalue weighted by Gasteiger charge is 2.37. The van der Waals surface area contributed by atoms with E-state index >= 15 is 0 Å². The lowest BCUT2D eigenvalue weighted by Crippen LogP contribution is -2.61. The Morgan fingerprint density at radius 1 is 0.422 bits per heavy atom. The number of nitrogens with two attached hydrogens (primary N) is 3. The van der Waals surface area contributed by atoms with Crippen LogP contribution in [0.15, 0.2) is 0 Å². The molecule has 0 radical (unpaired) electrons. The third-order valence-corrected chi connectivity index (χ3v) is 13.5. The summed E-state index contributed by atoms with van der Waals surface area (Å²) in [6.45, 7) is 6.46. The van der Waals surface area contributed by atoms with Gasteiger partial charge in [-0.05, 0) is 102 Å². The Bertz CT molecular complexity index is 2500. The van der Waals surface area contributed by atoms with E-state index in [4.69, 9.17) is 33.4 Å². The van der Waals surface area contributed by atoms with Crippen LogP contribution in [0.5, 0.6) is 0 Å². The highest BCUT2D eigenvalue weighted by atomic mass is 16.4. The summed E-state index contributed by atoms with van der Waals surface area (Å²) in [7, 11) is 0. The maximum atomic E-state index is 14.2. The van der Waals surface area contributed by atoms with Crippen LogP contribution in [-0.2, 0) is 62.3 Å². The van der Waals surface area contributed by atoms with Crippen LogP contribution in [0.4, 0.5) is 0 Å². The van der Waals surface area contributed by atoms with Gasteiger partial charge in [-0.25, -0.2) is 4.79 Å². The van der Waals surface area contributed by atoms with Gasteiger partial charge in [-0.15, -0.1) is 0 Å². The molecule has 1 fully saturated rings. The molecule has 0 unspecified atom stereocenters. The van der Waals surface area contributed by atoms with Gasteiger partial charge in [-0.3, -0.25) is 73.8 Å². The van der Waals surface area contributed by atoms with Crippen molar-refractivity contribution in [1.29, 1.82) is 16.2 Å². The van der Waals surface area contributed by atoms with Crippen LogP contribution < -0.4 is 86.3 Å². The van der Waals surface area contributed by atoms with Gasteiger partial charge in [0, 0.05) is 38.9 Å². The molecule has 0 aliphatic carbocycles. The van der Waals surface area contributed by atoms with E-state index in [1.807, 2.05) is 0 Å². The average Bonchev–Trinajstić information content (AvgIpc) is 2.77. The Balaban J connectivity index is 3.63. The monoisotopic (exact) mass is 1280 g/mol. The Morgan fingerprint density at radius 3 is 0.967 bits per heavy atom. The van der Waals surface area contributed by atoms with E-state index in [0.29, 0.717) is 19.4 Å². The molecule has 37 nitrogen and oxygen atoms in total. The maximum Gasteiger partial charge on any atom is 0.326 e. The van der Waals surface area contributed by atoms with E-state index < -0.39 is 195 Å². The molecular formula is C53H93N19O18. The number of aliphatic hydroxyl groups is 1. The Kier molecular flexibility index (Phi) is 36.7. The molecule has 0 saturated carbocycles. The normalized spacial score (nSPS) is 15.6. The van der Waals surface area contributed by atoms with Crippen LogP contribution in [0, 0.1) is 28.1 Å². The number of hydrogen-bond acceptors (Lipinski definition) is 18. The number of aliphatic carboxylic acids is 4. The van der Waals surface area contributed by atoms with Crippen LogP contribution in [0.2, 0.25) is 0 Å². The van der Waals surface area contributed by atoms with E-state index in [9.17, 15) is 87.9 Å². The van der Waals surface area contributed by atoms with Crippen molar-refractivity contribution in [3.05, 3.63) is 0 Å². The highest BCUT2D eigenvalue weighted by Crippen LogP contribution is 2.13. The summed E-state index contributed by atoms with van der Waals surface area (Å²) in [5.74, 6) is -17.1. The Labute approximate surface area is 519 Å². The smallest absolute Gasteiger partial charge is 0.326 e. The van der Waals surface area contributed by atoms with E-state index in [-0.39, 0.29) is 88.8 Å². The van der Waals surface area contributed by atoms with E-state index in [1.54, 1.807) is 27.7 Å². The van der Waals surface area contributed by atoms with Gasteiger partial charge in [0.25, 0.3) is 0 Å². The second-order valence-corrected chi connectivity index (χ2v) is 22.2. The topological polar surface area (TPSA) is 629 Å². The van der Waals surface area contributed by atoms with Gasteiger partial charge in [0.1, 0.15) is 54.4 Å². The Morgan fingerprint density at radius 2 is 0.700 bits per heavy atom. The van der Waals surface area contributed by atoms with Crippen LogP contribution in [0.3, 0.4) is 0 Å². The molecule has 1 saturated heterocycles. The third kappa shape index (κ3) is 33.3. The van der Waals surface area contributed by atoms with Crippen molar-refractivity contribution in [2.75, 3.05) is 32.8 Å². The van der Waals surface area contributed by atoms with E-state index in [1.165, 1.54) is 0 Å². The predicted molar refractivity (Wildman–Crippen MR) is 320 cm³/mol. The first kappa shape index (κ1) is 78.9. The van der Waals surface area contributed by atoms with Crippen molar-refractivity contribution >= 4 is 94.9 Å². The fourth-order valence-corrected chi connectivity index (χ4v) is 8.95. The minimum atomic E-state index is -1.92. The van der Waals surface area contributed by atoms with Gasteiger partial charge in [0.15, 0.2) is 17.9 Å². The van der Waals surface area contributed by atoms with Gasteiger partial charge in [0.05, 0.1) is 12.6 Å². The van der Waals surface area contributed by atoms with Crippen molar-refractivity contribution in [1.82, 2.24) is 69.1 Å². The summed E-state index contributed by atoms with van der Waals surface area (Å²) in [6.07, 6.45) is -3.79. The fraction of sp³-hybridized carbons (Fsp3) is 0.698. The third-order valence-electron chi connectivity index (χ3n) is 13.5. The summed E-state index contributed by atoms with van der Waals surface area (Å²) < 4.78 is 0. The molecule has 0 aromatic carbocycles. The van der Waals surface area contributed by atoms with Crippen molar-refractivity contribution in [3.63, 3.8) is 0 Å². The van der Waals surface area contributed by atoms with E-state index in [0.717, 1.165) is 0 Å². The zero-order chi connectivity index (χ0) is 68.2. The average molecular weight is 1280 g/mol. The first-order valence-electron chi connectivity index (χ1n) is 29.4. The standard InChI is InChI=1S/C53H93N19O18/c1-26(2)23-35(47(86)64-29(10-6-20-61-51(54)55)42(81)69-34(50(89)90)12-8-22-63-53(58)59)71-46(85)33(15-18-40(78)79)67-44(83)31(13-16-38(74)75)66-45(84)32(14-17-39(76)77)68-48(87)36(24-27(3)4)70-43(82)30(11-7-21-62-52(56)57)65-49(88)37(25-73)72-41(80)28-9-5-19-60-28/h26-37,60,73H,5-25H2,1-4H3,(H,64,86)(H,65,88)(H,66,84)(H,67,83)(H,68,87)(H,69,81)(H,70,82)(H,71,85)(H,72,80)(H,74,75)(H,76,77)(H,78,79)(H,89,90)(H4,54,55,61)(H4,56,57,62)(H4,58,59,63)/t28-,29-,30-,31-,32-,33-,34-,35-,36-,37-/m0/s1. The number of nitrogens with one attached hydrogen (secondary N) is 16. The highest BCUT2D eigenvalue weighted by molar-refractivity contribution is 5.99. The van der Waals surface area contributed by atoms with Gasteiger partial charge in [0.2, 0.25) is 53.2 Å². The number of carbonyl (C=O) groups excluding carboxylic acids is 9. The van der Waals surface area contributed by atoms with Gasteiger partial charge >= 0.3 is 23.9 Å². The minimum Gasteiger partial charge on any atom is -0.481 e. The van der Waals surface area contributed by atoms with Crippen molar-refractivity contribution < 1.29 is 87.9 Å². The van der Waals surface area contributed by atoms with Gasteiger partial charge < -0.3 is 112 Å². The molecule has 27 N–H and O–H groups in total. The number of carboxylic acid groups (broad SMARTS) is 4. The fourth-order valence-electron chi connectivity index (χ4n) is 8.95. The summed E-state index contributed by atoms with van der Waals surface area (Å²) in [6, 6.07) is -15.3. The minimum absolute atomic E-state index is 0.0290. The largest absolute Gasteiger partial charge is 0.481 e. The molecule has 1 aliphatic rings. The zero-order valence-corrected chi connectivity index (χ0v) is 51.1. The maximum absolute atomic E-state index is 14.2. The molecule has 508 valence electrons. The van der Waals surface area contributed by atoms with Gasteiger partial charge in [-0.1, -0.05) is 27.7 Å². The summed E-state index contributed by atoms with van der Waals surface area (Å²) >= 11 is 0. The van der Waals surface area contributed by atoms with Crippen molar-refractivity contribution in [2.45, 2.75) is 191 Å². The molecule has 1 heterocycles. The second kappa shape index (κ2) is 41.9. The molecule has 0 spiro atoms. The van der Waals surface area contributed by atoms with Crippen molar-refractivity contribution in [3.8, 4) is 0 Å². The number of amides is 9. The lowest BCUT2D eigenvalue weighted by Gasteiger charge is -2.29. The number of aliphatic hydroxyl groups excluding tert-OH is 1. The first-order valence-corrected chi connectivity index (χ1v) is 29.4. The van der Waals surface area contributed by atoms with Crippen LogP contribution in [-0.4, -0.2) is 214 Å². The molecule has 0 bridgehead atoms. The lowest BCUT2D eigenvalue weighted by atomic mass is 10.0. The van der Waals surface area contributed by atoms with Crippen LogP contribution >= 0.6 is 0 Å². The lowest BCUT2D eigenvalue weighted by molar-refractivity contribution is -0.142. The molecule has 1 aliphatic heterocycles. The summed E-state index contributed by atoms with van der Waals surface area (Å²) in [5, 5.41) is 103. The summed E-state index contributed by atoms with van der Waals surface area (Å²) in [5.41, 5.74) is 16.1. The predicted octanol–water partition coefficient (Wildman–Crippen LogP) is -6.35.